The summed E-state index contributed by atoms with van der Waals surface area (Å²) in [5, 5.41) is 11.3. The average Bonchev–Trinajstić information content (AvgIpc) is 3.32. The van der Waals surface area contributed by atoms with Crippen LogP contribution in [-0.2, 0) is 26.9 Å². The van der Waals surface area contributed by atoms with Crippen molar-refractivity contribution >= 4 is 28.3 Å². The highest BCUT2D eigenvalue weighted by atomic mass is 32.1. The van der Waals surface area contributed by atoms with Gasteiger partial charge in [0.15, 0.2) is 5.13 Å². The largest absolute Gasteiger partial charge is 0.470 e. The van der Waals surface area contributed by atoms with E-state index in [0.29, 0.717) is 43.4 Å². The van der Waals surface area contributed by atoms with Crippen molar-refractivity contribution in [2.45, 2.75) is 38.3 Å². The van der Waals surface area contributed by atoms with Gasteiger partial charge in [-0.3, -0.25) is 14.5 Å². The molecule has 0 spiro atoms. The molecule has 2 aromatic rings. The van der Waals surface area contributed by atoms with Gasteiger partial charge in [-0.1, -0.05) is 0 Å². The Balaban J connectivity index is 1.44. The lowest BCUT2D eigenvalue weighted by Gasteiger charge is -2.29. The molecule has 13 heteroatoms. The maximum atomic E-state index is 12.6. The molecule has 1 aliphatic heterocycles. The SMILES string of the molecule is CCOC(=O)Cc1csc(NC(=O)CN2CCC(c3nnc(C(F)(F)F)o3)CC2)n1. The molecular weight excluding hydrogens is 427 g/mol. The molecular formula is C17H20F3N5O4S. The van der Waals surface area contributed by atoms with Gasteiger partial charge in [0.05, 0.1) is 25.3 Å². The summed E-state index contributed by atoms with van der Waals surface area (Å²) in [6, 6.07) is 0. The first-order valence-electron chi connectivity index (χ1n) is 9.27. The van der Waals surface area contributed by atoms with Crippen LogP contribution in [0.15, 0.2) is 9.80 Å². The number of ether oxygens (including phenoxy) is 1. The van der Waals surface area contributed by atoms with E-state index in [2.05, 4.69) is 20.5 Å². The van der Waals surface area contributed by atoms with E-state index < -0.39 is 12.1 Å². The number of halogens is 3. The van der Waals surface area contributed by atoms with Crippen molar-refractivity contribution in [3.8, 4) is 0 Å². The molecule has 1 fully saturated rings. The summed E-state index contributed by atoms with van der Waals surface area (Å²) in [4.78, 5) is 29.8. The van der Waals surface area contributed by atoms with Crippen molar-refractivity contribution in [2.75, 3.05) is 31.6 Å². The number of aromatic nitrogens is 3. The van der Waals surface area contributed by atoms with Crippen LogP contribution in [0.4, 0.5) is 18.3 Å². The van der Waals surface area contributed by atoms with Crippen LogP contribution in [0, 0.1) is 0 Å². The van der Waals surface area contributed by atoms with Crippen LogP contribution >= 0.6 is 11.3 Å². The van der Waals surface area contributed by atoms with Crippen LogP contribution in [0.2, 0.25) is 0 Å². The fourth-order valence-electron chi connectivity index (χ4n) is 3.02. The number of nitrogens with one attached hydrogen (secondary N) is 1. The molecule has 0 saturated carbocycles. The zero-order valence-electron chi connectivity index (χ0n) is 16.1. The minimum atomic E-state index is -4.66. The van der Waals surface area contributed by atoms with Gasteiger partial charge in [0.25, 0.3) is 0 Å². The van der Waals surface area contributed by atoms with Gasteiger partial charge in [-0.2, -0.15) is 13.2 Å². The highest BCUT2D eigenvalue weighted by Crippen LogP contribution is 2.32. The van der Waals surface area contributed by atoms with E-state index >= 15 is 0 Å². The minimum Gasteiger partial charge on any atom is -0.466 e. The monoisotopic (exact) mass is 447 g/mol. The third kappa shape index (κ3) is 5.98. The first kappa shape index (κ1) is 22.2. The van der Waals surface area contributed by atoms with Gasteiger partial charge in [-0.15, -0.1) is 21.5 Å². The second-order valence-corrected chi connectivity index (χ2v) is 7.53. The second kappa shape index (κ2) is 9.51. The number of esters is 1. The minimum absolute atomic E-state index is 0.0247. The van der Waals surface area contributed by atoms with Crippen LogP contribution in [0.1, 0.15) is 43.2 Å². The molecule has 30 heavy (non-hydrogen) atoms. The number of likely N-dealkylation sites (tertiary alicyclic amines) is 1. The number of anilines is 1. The van der Waals surface area contributed by atoms with Crippen molar-refractivity contribution < 1.29 is 31.9 Å². The molecule has 164 valence electrons. The number of amides is 1. The van der Waals surface area contributed by atoms with Gasteiger partial charge in [0, 0.05) is 11.3 Å². The Morgan fingerprint density at radius 2 is 2.07 bits per heavy atom. The number of thiazole rings is 1. The highest BCUT2D eigenvalue weighted by molar-refractivity contribution is 7.13. The Labute approximate surface area is 173 Å². The molecule has 3 heterocycles. The van der Waals surface area contributed by atoms with Gasteiger partial charge >= 0.3 is 18.0 Å². The Morgan fingerprint density at radius 3 is 2.70 bits per heavy atom. The number of carbonyl (C=O) groups excluding carboxylic acids is 2. The maximum absolute atomic E-state index is 12.6. The van der Waals surface area contributed by atoms with Crippen LogP contribution in [0.5, 0.6) is 0 Å². The van der Waals surface area contributed by atoms with E-state index in [9.17, 15) is 22.8 Å². The molecule has 0 radical (unpaired) electrons. The summed E-state index contributed by atoms with van der Waals surface area (Å²) >= 11 is 1.21. The van der Waals surface area contributed by atoms with Gasteiger partial charge in [0.2, 0.25) is 11.8 Å². The number of piperidine rings is 1. The maximum Gasteiger partial charge on any atom is 0.470 e. The fraction of sp³-hybridized carbons (Fsp3) is 0.588. The number of hydrogen-bond acceptors (Lipinski definition) is 9. The van der Waals surface area contributed by atoms with Crippen molar-refractivity contribution in [3.63, 3.8) is 0 Å². The van der Waals surface area contributed by atoms with Gasteiger partial charge < -0.3 is 14.5 Å². The number of rotatable bonds is 7. The molecule has 0 aromatic carbocycles. The zero-order valence-corrected chi connectivity index (χ0v) is 16.9. The molecule has 0 unspecified atom stereocenters. The Morgan fingerprint density at radius 1 is 1.33 bits per heavy atom. The molecule has 0 atom stereocenters. The third-order valence-corrected chi connectivity index (χ3v) is 5.22. The average molecular weight is 447 g/mol. The molecule has 1 N–H and O–H groups in total. The van der Waals surface area contributed by atoms with Crippen molar-refractivity contribution in [2.24, 2.45) is 0 Å². The summed E-state index contributed by atoms with van der Waals surface area (Å²) < 4.78 is 47.3. The van der Waals surface area contributed by atoms with E-state index in [4.69, 9.17) is 9.15 Å². The molecule has 2 aromatic heterocycles. The lowest BCUT2D eigenvalue weighted by Crippen LogP contribution is -2.38. The Bertz CT molecular complexity index is 877. The molecule has 0 bridgehead atoms. The summed E-state index contributed by atoms with van der Waals surface area (Å²) in [6.07, 6.45) is -3.60. The van der Waals surface area contributed by atoms with Crippen LogP contribution in [-0.4, -0.2) is 58.2 Å². The predicted octanol–water partition coefficient (Wildman–Crippen LogP) is 2.47. The molecule has 0 aliphatic carbocycles. The number of nitrogens with zero attached hydrogens (tertiary/aromatic N) is 4. The second-order valence-electron chi connectivity index (χ2n) is 6.67. The number of alkyl halides is 3. The molecule has 1 amide bonds. The third-order valence-electron chi connectivity index (χ3n) is 4.42. The number of hydrogen-bond donors (Lipinski definition) is 1. The van der Waals surface area contributed by atoms with E-state index in [0.717, 1.165) is 0 Å². The molecule has 1 aliphatic rings. The quantitative estimate of drug-likeness (QED) is 0.645. The van der Waals surface area contributed by atoms with Crippen molar-refractivity contribution in [1.29, 1.82) is 0 Å². The van der Waals surface area contributed by atoms with Gasteiger partial charge in [0.1, 0.15) is 0 Å². The summed E-state index contributed by atoms with van der Waals surface area (Å²) in [6.45, 7) is 3.15. The summed E-state index contributed by atoms with van der Waals surface area (Å²) in [7, 11) is 0. The Hall–Kier alpha value is -2.54. The van der Waals surface area contributed by atoms with Crippen LogP contribution in [0.25, 0.3) is 0 Å². The van der Waals surface area contributed by atoms with E-state index in [1.54, 1.807) is 12.3 Å². The lowest BCUT2D eigenvalue weighted by atomic mass is 9.97. The fourth-order valence-corrected chi connectivity index (χ4v) is 3.75. The summed E-state index contributed by atoms with van der Waals surface area (Å²) in [5.41, 5.74) is 0.521. The van der Waals surface area contributed by atoms with Crippen molar-refractivity contribution in [1.82, 2.24) is 20.1 Å². The molecule has 1 saturated heterocycles. The summed E-state index contributed by atoms with van der Waals surface area (Å²) in [5.74, 6) is -2.28. The topological polar surface area (TPSA) is 110 Å². The zero-order chi connectivity index (χ0) is 21.7. The lowest BCUT2D eigenvalue weighted by molar-refractivity contribution is -0.157. The van der Waals surface area contributed by atoms with Gasteiger partial charge in [-0.05, 0) is 32.9 Å². The van der Waals surface area contributed by atoms with Crippen LogP contribution < -0.4 is 5.32 Å². The Kier molecular flexibility index (Phi) is 7.02. The first-order chi connectivity index (χ1) is 14.2. The first-order valence-corrected chi connectivity index (χ1v) is 10.2. The van der Waals surface area contributed by atoms with Gasteiger partial charge in [-0.25, -0.2) is 4.98 Å². The smallest absolute Gasteiger partial charge is 0.466 e. The standard InChI is InChI=1S/C17H20F3N5O4S/c1-2-28-13(27)7-11-9-30-16(21-11)22-12(26)8-25-5-3-10(4-6-25)14-23-24-15(29-14)17(18,19)20/h9-10H,2-8H2,1H3,(H,21,22,26). The van der Waals surface area contributed by atoms with E-state index in [1.165, 1.54) is 11.3 Å². The normalized spacial score (nSPS) is 15.9. The van der Waals surface area contributed by atoms with Crippen molar-refractivity contribution in [3.05, 3.63) is 22.9 Å². The predicted molar refractivity (Wildman–Crippen MR) is 98.8 cm³/mol. The molecule has 9 nitrogen and oxygen atoms in total. The molecule has 3 rings (SSSR count). The number of carbonyl (C=O) groups is 2. The van der Waals surface area contributed by atoms with E-state index in [1.807, 2.05) is 4.90 Å². The highest BCUT2D eigenvalue weighted by Gasteiger charge is 2.39. The van der Waals surface area contributed by atoms with E-state index in [-0.39, 0.29) is 36.7 Å². The van der Waals surface area contributed by atoms with Crippen LogP contribution in [0.3, 0.4) is 0 Å².